The Hall–Kier alpha value is -3.02. The summed E-state index contributed by atoms with van der Waals surface area (Å²) in [6.45, 7) is 3.45. The van der Waals surface area contributed by atoms with Crippen molar-refractivity contribution in [2.24, 2.45) is 0 Å². The number of aromatic nitrogens is 5. The van der Waals surface area contributed by atoms with E-state index in [9.17, 15) is 10.2 Å². The van der Waals surface area contributed by atoms with E-state index >= 15 is 0 Å². The molecule has 0 aliphatic carbocycles. The third-order valence-electron chi connectivity index (χ3n) is 4.91. The van der Waals surface area contributed by atoms with Crippen LogP contribution in [0.2, 0.25) is 0 Å². The summed E-state index contributed by atoms with van der Waals surface area (Å²) in [5.41, 5.74) is 7.31. The fourth-order valence-electron chi connectivity index (χ4n) is 3.25. The van der Waals surface area contributed by atoms with Gasteiger partial charge in [-0.25, -0.2) is 14.5 Å². The largest absolute Gasteiger partial charge is 0.478 e. The van der Waals surface area contributed by atoms with Crippen LogP contribution in [0, 0.1) is 0 Å². The van der Waals surface area contributed by atoms with Gasteiger partial charge >= 0.3 is 6.01 Å². The number of imidazole rings is 1. The molecule has 0 amide bonds. The van der Waals surface area contributed by atoms with Gasteiger partial charge in [-0.05, 0) is 32.5 Å². The lowest BCUT2D eigenvalue weighted by atomic mass is 10.1. The molecule has 0 saturated heterocycles. The van der Waals surface area contributed by atoms with Gasteiger partial charge in [0.2, 0.25) is 5.88 Å². The predicted octanol–water partition coefficient (Wildman–Crippen LogP) is 1.10. The number of anilines is 1. The van der Waals surface area contributed by atoms with Crippen molar-refractivity contribution < 1.29 is 19.7 Å². The summed E-state index contributed by atoms with van der Waals surface area (Å²) in [6, 6.07) is 3.52. The minimum atomic E-state index is -1.04. The van der Waals surface area contributed by atoms with Crippen LogP contribution in [0.1, 0.15) is 50.0 Å². The number of aliphatic hydroxyl groups excluding tert-OH is 2. The van der Waals surface area contributed by atoms with Crippen LogP contribution in [0.3, 0.4) is 0 Å². The third kappa shape index (κ3) is 5.81. The van der Waals surface area contributed by atoms with E-state index in [4.69, 9.17) is 15.2 Å². The van der Waals surface area contributed by atoms with E-state index < -0.39 is 6.10 Å². The van der Waals surface area contributed by atoms with Gasteiger partial charge < -0.3 is 30.7 Å². The van der Waals surface area contributed by atoms with Gasteiger partial charge in [0.05, 0.1) is 18.5 Å². The van der Waals surface area contributed by atoms with Crippen LogP contribution in [0.25, 0.3) is 5.65 Å². The van der Waals surface area contributed by atoms with Crippen molar-refractivity contribution in [1.29, 1.82) is 0 Å². The van der Waals surface area contributed by atoms with Crippen molar-refractivity contribution in [1.82, 2.24) is 29.9 Å². The molecule has 174 valence electrons. The highest BCUT2D eigenvalue weighted by Gasteiger charge is 2.21. The standard InChI is InChI=1S/C21H31N7O4/c1-3-5-15(8-10-29)32-21-26-19(22)20-25-13-16(28(20)27-21)18(30)14-6-7-17(24-12-14)31-11-4-9-23-2/h6-7,12-13,15,18,23,29-30H,3-5,8-11H2,1-2H3,(H2,22,26,27). The van der Waals surface area contributed by atoms with Gasteiger partial charge in [0, 0.05) is 30.9 Å². The first-order valence-electron chi connectivity index (χ1n) is 10.8. The molecule has 0 spiro atoms. The molecule has 0 fully saturated rings. The minimum absolute atomic E-state index is 0.000362. The number of nitrogens with zero attached hydrogens (tertiary/aromatic N) is 5. The van der Waals surface area contributed by atoms with Crippen molar-refractivity contribution in [3.05, 3.63) is 35.8 Å². The molecule has 3 heterocycles. The van der Waals surface area contributed by atoms with E-state index in [-0.39, 0.29) is 24.5 Å². The van der Waals surface area contributed by atoms with Gasteiger partial charge in [0.25, 0.3) is 0 Å². The second kappa shape index (κ2) is 11.6. The Labute approximate surface area is 186 Å². The maximum absolute atomic E-state index is 10.9. The Morgan fingerprint density at radius 1 is 1.22 bits per heavy atom. The van der Waals surface area contributed by atoms with Crippen LogP contribution in [0.5, 0.6) is 11.9 Å². The van der Waals surface area contributed by atoms with Gasteiger partial charge in [-0.2, -0.15) is 4.98 Å². The van der Waals surface area contributed by atoms with E-state index in [1.54, 1.807) is 18.3 Å². The summed E-state index contributed by atoms with van der Waals surface area (Å²) in [5, 5.41) is 27.6. The monoisotopic (exact) mass is 445 g/mol. The topological polar surface area (TPSA) is 153 Å². The molecule has 3 aromatic rings. The molecule has 11 heteroatoms. The fraction of sp³-hybridized carbons (Fsp3) is 0.524. The second-order valence-electron chi connectivity index (χ2n) is 7.38. The number of aliphatic hydroxyl groups is 2. The summed E-state index contributed by atoms with van der Waals surface area (Å²) in [7, 11) is 1.89. The van der Waals surface area contributed by atoms with Gasteiger partial charge in [-0.15, -0.1) is 5.10 Å². The summed E-state index contributed by atoms with van der Waals surface area (Å²) in [4.78, 5) is 12.7. The summed E-state index contributed by atoms with van der Waals surface area (Å²) in [5.74, 6) is 0.624. The van der Waals surface area contributed by atoms with Gasteiger partial charge in [0.1, 0.15) is 12.2 Å². The fourth-order valence-corrected chi connectivity index (χ4v) is 3.25. The Kier molecular flexibility index (Phi) is 8.54. The van der Waals surface area contributed by atoms with Crippen LogP contribution in [0.4, 0.5) is 5.82 Å². The molecule has 3 rings (SSSR count). The SMILES string of the molecule is CCCC(CCO)Oc1nc(N)c2ncc(C(O)c3ccc(OCCCNC)nc3)n2n1. The zero-order valence-electron chi connectivity index (χ0n) is 18.4. The highest BCUT2D eigenvalue weighted by molar-refractivity contribution is 5.60. The number of hydrogen-bond donors (Lipinski definition) is 4. The molecule has 0 aromatic carbocycles. The number of pyridine rings is 1. The maximum atomic E-state index is 10.9. The number of fused-ring (bicyclic) bond motifs is 1. The number of ether oxygens (including phenoxy) is 2. The van der Waals surface area contributed by atoms with Crippen molar-refractivity contribution in [2.75, 3.05) is 32.5 Å². The quantitative estimate of drug-likeness (QED) is 0.281. The Morgan fingerprint density at radius 3 is 2.75 bits per heavy atom. The average molecular weight is 446 g/mol. The van der Waals surface area contributed by atoms with E-state index in [0.29, 0.717) is 35.8 Å². The lowest BCUT2D eigenvalue weighted by molar-refractivity contribution is 0.132. The molecule has 0 aliphatic heterocycles. The van der Waals surface area contributed by atoms with Crippen LogP contribution in [-0.4, -0.2) is 67.7 Å². The van der Waals surface area contributed by atoms with Crippen LogP contribution < -0.4 is 20.5 Å². The Bertz CT molecular complexity index is 974. The summed E-state index contributed by atoms with van der Waals surface area (Å²) in [6.07, 6.45) is 4.74. The van der Waals surface area contributed by atoms with Crippen molar-refractivity contribution in [3.8, 4) is 11.9 Å². The van der Waals surface area contributed by atoms with E-state index in [1.807, 2.05) is 14.0 Å². The van der Waals surface area contributed by atoms with Crippen molar-refractivity contribution in [2.45, 2.75) is 44.8 Å². The zero-order chi connectivity index (χ0) is 22.9. The smallest absolute Gasteiger partial charge is 0.336 e. The molecule has 2 atom stereocenters. The maximum Gasteiger partial charge on any atom is 0.336 e. The van der Waals surface area contributed by atoms with Crippen molar-refractivity contribution in [3.63, 3.8) is 0 Å². The summed E-state index contributed by atoms with van der Waals surface area (Å²) >= 11 is 0. The molecular formula is C21H31N7O4. The molecule has 0 saturated carbocycles. The molecule has 2 unspecified atom stereocenters. The molecule has 11 nitrogen and oxygen atoms in total. The highest BCUT2D eigenvalue weighted by Crippen LogP contribution is 2.25. The number of nitrogens with two attached hydrogens (primary N) is 1. The summed E-state index contributed by atoms with van der Waals surface area (Å²) < 4.78 is 12.9. The van der Waals surface area contributed by atoms with Crippen LogP contribution >= 0.6 is 0 Å². The number of rotatable bonds is 13. The molecule has 0 aliphatic rings. The van der Waals surface area contributed by atoms with Gasteiger partial charge in [0.15, 0.2) is 11.5 Å². The first kappa shape index (κ1) is 23.6. The normalized spacial score (nSPS) is 13.2. The van der Waals surface area contributed by atoms with Crippen molar-refractivity contribution >= 4 is 11.5 Å². The van der Waals surface area contributed by atoms with Gasteiger partial charge in [-0.3, -0.25) is 0 Å². The predicted molar refractivity (Wildman–Crippen MR) is 119 cm³/mol. The average Bonchev–Trinajstić information content (AvgIpc) is 3.21. The lowest BCUT2D eigenvalue weighted by Crippen LogP contribution is -2.20. The Balaban J connectivity index is 1.79. The first-order valence-corrected chi connectivity index (χ1v) is 10.8. The van der Waals surface area contributed by atoms with E-state index in [0.717, 1.165) is 25.8 Å². The number of nitrogen functional groups attached to an aromatic ring is 1. The third-order valence-corrected chi connectivity index (χ3v) is 4.91. The molecule has 0 radical (unpaired) electrons. The first-order chi connectivity index (χ1) is 15.6. The minimum Gasteiger partial charge on any atom is -0.478 e. The highest BCUT2D eigenvalue weighted by atomic mass is 16.5. The van der Waals surface area contributed by atoms with Gasteiger partial charge in [-0.1, -0.05) is 13.3 Å². The second-order valence-corrected chi connectivity index (χ2v) is 7.38. The molecule has 32 heavy (non-hydrogen) atoms. The molecule has 0 bridgehead atoms. The number of nitrogens with one attached hydrogen (secondary N) is 1. The molecule has 3 aromatic heterocycles. The number of hydrogen-bond acceptors (Lipinski definition) is 10. The van der Waals surface area contributed by atoms with E-state index in [2.05, 4.69) is 25.4 Å². The molecule has 5 N–H and O–H groups in total. The zero-order valence-corrected chi connectivity index (χ0v) is 18.4. The lowest BCUT2D eigenvalue weighted by Gasteiger charge is -2.17. The Morgan fingerprint density at radius 2 is 2.06 bits per heavy atom. The molecular weight excluding hydrogens is 414 g/mol. The van der Waals surface area contributed by atoms with Crippen LogP contribution in [-0.2, 0) is 0 Å². The van der Waals surface area contributed by atoms with Crippen LogP contribution in [0.15, 0.2) is 24.5 Å². The van der Waals surface area contributed by atoms with E-state index in [1.165, 1.54) is 10.7 Å².